The molecule has 0 aliphatic heterocycles. The minimum absolute atomic E-state index is 0.139. The molecule has 0 saturated heterocycles. The summed E-state index contributed by atoms with van der Waals surface area (Å²) in [5.41, 5.74) is 2.25. The van der Waals surface area contributed by atoms with Gasteiger partial charge in [0.05, 0.1) is 11.6 Å². The first kappa shape index (κ1) is 16.2. The van der Waals surface area contributed by atoms with E-state index in [4.69, 9.17) is 21.3 Å². The number of imidazole rings is 1. The summed E-state index contributed by atoms with van der Waals surface area (Å²) >= 11 is 5.95. The van der Waals surface area contributed by atoms with Crippen molar-refractivity contribution in [2.45, 2.75) is 53.7 Å². The maximum Gasteiger partial charge on any atom is 0.147 e. The van der Waals surface area contributed by atoms with Gasteiger partial charge in [-0.1, -0.05) is 26.8 Å². The van der Waals surface area contributed by atoms with E-state index in [1.54, 1.807) is 0 Å². The van der Waals surface area contributed by atoms with Crippen molar-refractivity contribution in [3.8, 4) is 5.75 Å². The highest BCUT2D eigenvalue weighted by Crippen LogP contribution is 2.29. The molecule has 0 bridgehead atoms. The lowest BCUT2D eigenvalue weighted by atomic mass is 9.96. The molecule has 0 fully saturated rings. The topological polar surface area (TPSA) is 27.1 Å². The standard InChI is InChI=1S/C17H25ClN2O/c1-12(2)21-14-8-6-7-13-16(14)19-15(9-10-18)20(13)11-17(3,4)5/h6-8,12H,9-11H2,1-5H3. The summed E-state index contributed by atoms with van der Waals surface area (Å²) in [4.78, 5) is 4.79. The highest BCUT2D eigenvalue weighted by molar-refractivity contribution is 6.17. The van der Waals surface area contributed by atoms with Crippen molar-refractivity contribution >= 4 is 22.6 Å². The largest absolute Gasteiger partial charge is 0.489 e. The molecule has 2 aromatic rings. The van der Waals surface area contributed by atoms with Crippen LogP contribution in [0.4, 0.5) is 0 Å². The minimum Gasteiger partial charge on any atom is -0.489 e. The summed E-state index contributed by atoms with van der Waals surface area (Å²) in [6, 6.07) is 6.13. The third-order valence-electron chi connectivity index (χ3n) is 3.13. The summed E-state index contributed by atoms with van der Waals surface area (Å²) in [6.07, 6.45) is 0.910. The first-order chi connectivity index (χ1) is 9.81. The fourth-order valence-electron chi connectivity index (χ4n) is 2.44. The van der Waals surface area contributed by atoms with Gasteiger partial charge < -0.3 is 9.30 Å². The van der Waals surface area contributed by atoms with Crippen LogP contribution in [0.5, 0.6) is 5.75 Å². The predicted octanol–water partition coefficient (Wildman–Crippen LogP) is 4.65. The lowest BCUT2D eigenvalue weighted by molar-refractivity contribution is 0.245. The van der Waals surface area contributed by atoms with E-state index in [-0.39, 0.29) is 11.5 Å². The molecule has 0 unspecified atom stereocenters. The van der Waals surface area contributed by atoms with Crippen molar-refractivity contribution in [1.29, 1.82) is 0 Å². The molecule has 0 saturated carbocycles. The molecule has 1 heterocycles. The van der Waals surface area contributed by atoms with Gasteiger partial charge in [-0.05, 0) is 31.4 Å². The second-order valence-corrected chi connectivity index (χ2v) is 7.28. The first-order valence-corrected chi connectivity index (χ1v) is 8.06. The van der Waals surface area contributed by atoms with Crippen LogP contribution >= 0.6 is 11.6 Å². The van der Waals surface area contributed by atoms with Gasteiger partial charge >= 0.3 is 0 Å². The molecule has 0 atom stereocenters. The molecule has 0 spiro atoms. The van der Waals surface area contributed by atoms with Crippen molar-refractivity contribution in [1.82, 2.24) is 9.55 Å². The third-order valence-corrected chi connectivity index (χ3v) is 3.32. The molecule has 116 valence electrons. The second-order valence-electron chi connectivity index (χ2n) is 6.90. The van der Waals surface area contributed by atoms with Gasteiger partial charge in [0.2, 0.25) is 0 Å². The van der Waals surface area contributed by atoms with Gasteiger partial charge in [-0.2, -0.15) is 0 Å². The maximum absolute atomic E-state index is 5.95. The fourth-order valence-corrected chi connectivity index (χ4v) is 2.61. The summed E-state index contributed by atoms with van der Waals surface area (Å²) in [6.45, 7) is 11.7. The Kier molecular flexibility index (Phi) is 4.82. The Morgan fingerprint density at radius 2 is 2.00 bits per heavy atom. The molecule has 0 radical (unpaired) electrons. The van der Waals surface area contributed by atoms with Gasteiger partial charge in [0.15, 0.2) is 0 Å². The predicted molar refractivity (Wildman–Crippen MR) is 89.4 cm³/mol. The number of halogens is 1. The van der Waals surface area contributed by atoms with Crippen molar-refractivity contribution in [3.05, 3.63) is 24.0 Å². The lowest BCUT2D eigenvalue weighted by Crippen LogP contribution is -2.17. The van der Waals surface area contributed by atoms with Gasteiger partial charge in [-0.15, -0.1) is 11.6 Å². The summed E-state index contributed by atoms with van der Waals surface area (Å²) in [5, 5.41) is 0. The van der Waals surface area contributed by atoms with Crippen molar-refractivity contribution in [2.24, 2.45) is 5.41 Å². The molecular formula is C17H25ClN2O. The van der Waals surface area contributed by atoms with Crippen LogP contribution in [-0.4, -0.2) is 21.5 Å². The lowest BCUT2D eigenvalue weighted by Gasteiger charge is -2.21. The summed E-state index contributed by atoms with van der Waals surface area (Å²) in [7, 11) is 0. The number of ether oxygens (including phenoxy) is 1. The smallest absolute Gasteiger partial charge is 0.147 e. The Morgan fingerprint density at radius 1 is 1.29 bits per heavy atom. The Balaban J connectivity index is 2.56. The molecule has 2 rings (SSSR count). The van der Waals surface area contributed by atoms with E-state index in [1.165, 1.54) is 0 Å². The minimum atomic E-state index is 0.139. The van der Waals surface area contributed by atoms with Crippen LogP contribution in [0.3, 0.4) is 0 Å². The van der Waals surface area contributed by atoms with E-state index in [0.717, 1.165) is 35.6 Å². The Hall–Kier alpha value is -1.22. The molecule has 4 heteroatoms. The van der Waals surface area contributed by atoms with Gasteiger partial charge in [-0.25, -0.2) is 4.98 Å². The number of fused-ring (bicyclic) bond motifs is 1. The van der Waals surface area contributed by atoms with Crippen LogP contribution in [0.2, 0.25) is 0 Å². The summed E-state index contributed by atoms with van der Waals surface area (Å²) in [5.74, 6) is 2.47. The molecular weight excluding hydrogens is 284 g/mol. The zero-order chi connectivity index (χ0) is 15.6. The van der Waals surface area contributed by atoms with E-state index < -0.39 is 0 Å². The Bertz CT molecular complexity index is 611. The van der Waals surface area contributed by atoms with E-state index in [1.807, 2.05) is 26.0 Å². The number of nitrogens with zero attached hydrogens (tertiary/aromatic N) is 2. The van der Waals surface area contributed by atoms with E-state index in [9.17, 15) is 0 Å². The number of aryl methyl sites for hydroxylation is 1. The normalized spacial score (nSPS) is 12.3. The Morgan fingerprint density at radius 3 is 2.57 bits per heavy atom. The van der Waals surface area contributed by atoms with Crippen LogP contribution < -0.4 is 4.74 Å². The highest BCUT2D eigenvalue weighted by atomic mass is 35.5. The molecule has 0 aliphatic carbocycles. The van der Waals surface area contributed by atoms with Crippen LogP contribution in [0.25, 0.3) is 11.0 Å². The van der Waals surface area contributed by atoms with E-state index >= 15 is 0 Å². The quantitative estimate of drug-likeness (QED) is 0.752. The number of hydrogen-bond acceptors (Lipinski definition) is 2. The first-order valence-electron chi connectivity index (χ1n) is 7.52. The highest BCUT2D eigenvalue weighted by Gasteiger charge is 2.19. The average molecular weight is 309 g/mol. The third kappa shape index (κ3) is 3.91. The molecule has 1 aromatic carbocycles. The van der Waals surface area contributed by atoms with Gasteiger partial charge in [-0.3, -0.25) is 0 Å². The molecule has 0 aliphatic rings. The van der Waals surface area contributed by atoms with Gasteiger partial charge in [0.25, 0.3) is 0 Å². The zero-order valence-corrected chi connectivity index (χ0v) is 14.4. The van der Waals surface area contributed by atoms with Gasteiger partial charge in [0.1, 0.15) is 17.1 Å². The summed E-state index contributed by atoms with van der Waals surface area (Å²) < 4.78 is 8.18. The molecule has 0 amide bonds. The Labute approximate surface area is 132 Å². The van der Waals surface area contributed by atoms with Crippen molar-refractivity contribution < 1.29 is 4.74 Å². The number of benzene rings is 1. The number of alkyl halides is 1. The van der Waals surface area contributed by atoms with Crippen molar-refractivity contribution in [3.63, 3.8) is 0 Å². The van der Waals surface area contributed by atoms with E-state index in [0.29, 0.717) is 5.88 Å². The zero-order valence-electron chi connectivity index (χ0n) is 13.6. The number of aromatic nitrogens is 2. The molecule has 0 N–H and O–H groups in total. The van der Waals surface area contributed by atoms with Crippen LogP contribution in [-0.2, 0) is 13.0 Å². The van der Waals surface area contributed by atoms with Crippen molar-refractivity contribution in [2.75, 3.05) is 5.88 Å². The number of para-hydroxylation sites is 1. The van der Waals surface area contributed by atoms with E-state index in [2.05, 4.69) is 31.4 Å². The van der Waals surface area contributed by atoms with Gasteiger partial charge in [0, 0.05) is 18.8 Å². The monoisotopic (exact) mass is 308 g/mol. The average Bonchev–Trinajstić information content (AvgIpc) is 2.67. The molecule has 3 nitrogen and oxygen atoms in total. The number of rotatable bonds is 5. The van der Waals surface area contributed by atoms with Crippen LogP contribution in [0, 0.1) is 5.41 Å². The van der Waals surface area contributed by atoms with Crippen LogP contribution in [0.1, 0.15) is 40.4 Å². The molecule has 1 aromatic heterocycles. The number of hydrogen-bond donors (Lipinski definition) is 0. The van der Waals surface area contributed by atoms with Crippen LogP contribution in [0.15, 0.2) is 18.2 Å². The SMILES string of the molecule is CC(C)Oc1cccc2c1nc(CCCl)n2CC(C)(C)C. The maximum atomic E-state index is 5.95. The fraction of sp³-hybridized carbons (Fsp3) is 0.588. The second kappa shape index (κ2) is 6.27. The molecule has 21 heavy (non-hydrogen) atoms.